The lowest BCUT2D eigenvalue weighted by Crippen LogP contribution is -2.48. The molecule has 1 aromatic rings. The van der Waals surface area contributed by atoms with Gasteiger partial charge >= 0.3 is 0 Å². The van der Waals surface area contributed by atoms with E-state index in [0.717, 1.165) is 18.5 Å². The zero-order valence-corrected chi connectivity index (χ0v) is 11.4. The van der Waals surface area contributed by atoms with Gasteiger partial charge < -0.3 is 16.3 Å². The van der Waals surface area contributed by atoms with Gasteiger partial charge in [-0.15, -0.1) is 11.3 Å². The van der Waals surface area contributed by atoms with Crippen molar-refractivity contribution in [2.75, 3.05) is 6.54 Å². The van der Waals surface area contributed by atoms with Crippen molar-refractivity contribution in [2.45, 2.75) is 32.1 Å². The maximum atomic E-state index is 12.3. The van der Waals surface area contributed by atoms with Crippen LogP contribution < -0.4 is 11.1 Å². The summed E-state index contributed by atoms with van der Waals surface area (Å²) in [6.07, 6.45) is 3.84. The molecule has 0 aromatic carbocycles. The molecule has 6 nitrogen and oxygen atoms in total. The molecule has 1 fully saturated rings. The first-order chi connectivity index (χ1) is 9.19. The number of aromatic nitrogens is 1. The third-order valence-corrected chi connectivity index (χ3v) is 4.28. The second kappa shape index (κ2) is 6.01. The van der Waals surface area contributed by atoms with Crippen LogP contribution in [-0.4, -0.2) is 28.5 Å². The molecule has 0 unspecified atom stereocenters. The van der Waals surface area contributed by atoms with Crippen molar-refractivity contribution >= 4 is 23.1 Å². The molecule has 1 amide bonds. The van der Waals surface area contributed by atoms with Crippen molar-refractivity contribution in [2.24, 2.45) is 16.3 Å². The summed E-state index contributed by atoms with van der Waals surface area (Å²) in [6, 6.07) is 0. The Bertz CT molecular complexity index is 452. The Kier molecular flexibility index (Phi) is 4.36. The van der Waals surface area contributed by atoms with E-state index in [4.69, 9.17) is 10.9 Å². The number of oxime groups is 1. The lowest BCUT2D eigenvalue weighted by Gasteiger charge is -2.25. The smallest absolute Gasteiger partial charge is 0.233 e. The number of nitrogens with two attached hydrogens (primary N) is 1. The first-order valence-electron chi connectivity index (χ1n) is 6.32. The largest absolute Gasteiger partial charge is 0.409 e. The van der Waals surface area contributed by atoms with Crippen LogP contribution in [-0.2, 0) is 11.2 Å². The van der Waals surface area contributed by atoms with Crippen molar-refractivity contribution in [1.82, 2.24) is 10.3 Å². The van der Waals surface area contributed by atoms with Crippen LogP contribution in [0, 0.1) is 5.41 Å². The molecule has 0 aliphatic heterocycles. The second-order valence-corrected chi connectivity index (χ2v) is 5.48. The molecule has 1 aliphatic carbocycles. The summed E-state index contributed by atoms with van der Waals surface area (Å²) in [5.41, 5.74) is 7.62. The van der Waals surface area contributed by atoms with Gasteiger partial charge in [-0.25, -0.2) is 4.98 Å². The van der Waals surface area contributed by atoms with Crippen molar-refractivity contribution in [3.63, 3.8) is 0 Å². The fourth-order valence-electron chi connectivity index (χ4n) is 2.51. The van der Waals surface area contributed by atoms with E-state index in [-0.39, 0.29) is 11.7 Å². The van der Waals surface area contributed by atoms with Crippen LogP contribution in [0.4, 0.5) is 0 Å². The fraction of sp³-hybridized carbons (Fsp3) is 0.583. The van der Waals surface area contributed by atoms with Crippen molar-refractivity contribution < 1.29 is 10.0 Å². The summed E-state index contributed by atoms with van der Waals surface area (Å²) >= 11 is 1.54. The monoisotopic (exact) mass is 282 g/mol. The van der Waals surface area contributed by atoms with Gasteiger partial charge in [0.1, 0.15) is 5.41 Å². The SMILES string of the molecule is NC(=NO)C1(C(=O)NCCc2cscn2)CCCC1. The van der Waals surface area contributed by atoms with Crippen LogP contribution in [0.15, 0.2) is 16.0 Å². The van der Waals surface area contributed by atoms with Crippen molar-refractivity contribution in [3.05, 3.63) is 16.6 Å². The minimum absolute atomic E-state index is 0.0242. The maximum absolute atomic E-state index is 12.3. The van der Waals surface area contributed by atoms with E-state index in [9.17, 15) is 4.79 Å². The molecular formula is C12H18N4O2S. The third-order valence-electron chi connectivity index (χ3n) is 3.64. The van der Waals surface area contributed by atoms with Crippen LogP contribution in [0.1, 0.15) is 31.4 Å². The molecule has 1 heterocycles. The lowest BCUT2D eigenvalue weighted by molar-refractivity contribution is -0.127. The van der Waals surface area contributed by atoms with Gasteiger partial charge in [-0.3, -0.25) is 4.79 Å². The molecule has 0 saturated heterocycles. The van der Waals surface area contributed by atoms with E-state index in [1.807, 2.05) is 5.38 Å². The lowest BCUT2D eigenvalue weighted by atomic mass is 9.84. The van der Waals surface area contributed by atoms with E-state index in [1.54, 1.807) is 5.51 Å². The number of nitrogens with one attached hydrogen (secondary N) is 1. The Morgan fingerprint density at radius 3 is 2.89 bits per heavy atom. The van der Waals surface area contributed by atoms with Gasteiger partial charge in [0.05, 0.1) is 11.2 Å². The van der Waals surface area contributed by atoms with E-state index in [1.165, 1.54) is 11.3 Å². The number of carbonyl (C=O) groups is 1. The van der Waals surface area contributed by atoms with Crippen LogP contribution in [0.25, 0.3) is 0 Å². The first-order valence-corrected chi connectivity index (χ1v) is 7.27. The molecule has 1 aliphatic rings. The number of hydrogen-bond acceptors (Lipinski definition) is 5. The highest BCUT2D eigenvalue weighted by Gasteiger charge is 2.45. The summed E-state index contributed by atoms with van der Waals surface area (Å²) in [7, 11) is 0. The summed E-state index contributed by atoms with van der Waals surface area (Å²) in [6.45, 7) is 0.517. The number of amides is 1. The number of rotatable bonds is 5. The molecule has 0 atom stereocenters. The van der Waals surface area contributed by atoms with E-state index < -0.39 is 5.41 Å². The highest BCUT2D eigenvalue weighted by Crippen LogP contribution is 2.38. The number of nitrogens with zero attached hydrogens (tertiary/aromatic N) is 2. The van der Waals surface area contributed by atoms with Gasteiger partial charge in [0, 0.05) is 18.3 Å². The Morgan fingerprint density at radius 2 is 2.32 bits per heavy atom. The zero-order valence-electron chi connectivity index (χ0n) is 10.6. The highest BCUT2D eigenvalue weighted by atomic mass is 32.1. The van der Waals surface area contributed by atoms with Gasteiger partial charge in [0.15, 0.2) is 5.84 Å². The summed E-state index contributed by atoms with van der Waals surface area (Å²) < 4.78 is 0. The Balaban J connectivity index is 1.93. The van der Waals surface area contributed by atoms with Gasteiger partial charge in [-0.1, -0.05) is 18.0 Å². The van der Waals surface area contributed by atoms with E-state index in [2.05, 4.69) is 15.5 Å². The number of carbonyl (C=O) groups excluding carboxylic acids is 1. The first kappa shape index (κ1) is 13.8. The number of amidine groups is 1. The molecule has 1 saturated carbocycles. The van der Waals surface area contributed by atoms with E-state index in [0.29, 0.717) is 25.8 Å². The molecule has 104 valence electrons. The molecule has 1 aromatic heterocycles. The van der Waals surface area contributed by atoms with Crippen molar-refractivity contribution in [3.8, 4) is 0 Å². The normalized spacial score (nSPS) is 18.4. The van der Waals surface area contributed by atoms with E-state index >= 15 is 0 Å². The molecular weight excluding hydrogens is 264 g/mol. The van der Waals surface area contributed by atoms with Crippen LogP contribution in [0.3, 0.4) is 0 Å². The molecule has 0 bridgehead atoms. The minimum Gasteiger partial charge on any atom is -0.409 e. The molecule has 4 N–H and O–H groups in total. The number of thiazole rings is 1. The predicted molar refractivity (Wildman–Crippen MR) is 73.1 cm³/mol. The number of hydrogen-bond donors (Lipinski definition) is 3. The standard InChI is InChI=1S/C12H18N4O2S/c13-10(16-18)12(4-1-2-5-12)11(17)14-6-3-9-7-19-8-15-9/h7-8,18H,1-6H2,(H2,13,16)(H,14,17). The second-order valence-electron chi connectivity index (χ2n) is 4.76. The topological polar surface area (TPSA) is 101 Å². The van der Waals surface area contributed by atoms with Gasteiger partial charge in [-0.2, -0.15) is 0 Å². The summed E-state index contributed by atoms with van der Waals surface area (Å²) in [5, 5.41) is 16.7. The maximum Gasteiger partial charge on any atom is 0.233 e. The van der Waals surface area contributed by atoms with Gasteiger partial charge in [0.2, 0.25) is 5.91 Å². The van der Waals surface area contributed by atoms with Gasteiger partial charge in [-0.05, 0) is 12.8 Å². The molecule has 0 radical (unpaired) electrons. The zero-order chi connectivity index (χ0) is 13.7. The average molecular weight is 282 g/mol. The van der Waals surface area contributed by atoms with Gasteiger partial charge in [0.25, 0.3) is 0 Å². The average Bonchev–Trinajstić information content (AvgIpc) is 3.09. The Labute approximate surface area is 115 Å². The molecule has 19 heavy (non-hydrogen) atoms. The fourth-order valence-corrected chi connectivity index (χ4v) is 3.10. The summed E-state index contributed by atoms with van der Waals surface area (Å²) in [4.78, 5) is 16.5. The molecule has 0 spiro atoms. The third kappa shape index (κ3) is 2.86. The highest BCUT2D eigenvalue weighted by molar-refractivity contribution is 7.07. The summed E-state index contributed by atoms with van der Waals surface area (Å²) in [5.74, 6) is -0.119. The quantitative estimate of drug-likeness (QED) is 0.326. The Hall–Kier alpha value is -1.63. The van der Waals surface area contributed by atoms with Crippen LogP contribution in [0.2, 0.25) is 0 Å². The molecule has 7 heteroatoms. The van der Waals surface area contributed by atoms with Crippen LogP contribution in [0.5, 0.6) is 0 Å². The predicted octanol–water partition coefficient (Wildman–Crippen LogP) is 1.11. The molecule has 2 rings (SSSR count). The minimum atomic E-state index is -0.823. The van der Waals surface area contributed by atoms with Crippen molar-refractivity contribution in [1.29, 1.82) is 0 Å². The Morgan fingerprint density at radius 1 is 1.58 bits per heavy atom. The van der Waals surface area contributed by atoms with Crippen LogP contribution >= 0.6 is 11.3 Å².